The highest BCUT2D eigenvalue weighted by Crippen LogP contribution is 2.30. The van der Waals surface area contributed by atoms with Crippen LogP contribution in [0.15, 0.2) is 18.2 Å². The quantitative estimate of drug-likeness (QED) is 0.755. The maximum Gasteiger partial charge on any atom is 0.171 e. The number of carbonyl (C=O) groups is 1. The number of para-hydroxylation sites is 1. The molecule has 0 bridgehead atoms. The third-order valence-corrected chi connectivity index (χ3v) is 4.33. The monoisotopic (exact) mass is 291 g/mol. The zero-order chi connectivity index (χ0) is 15.2. The predicted octanol–water partition coefficient (Wildman–Crippen LogP) is 3.15. The van der Waals surface area contributed by atoms with E-state index in [9.17, 15) is 4.79 Å². The van der Waals surface area contributed by atoms with Crippen LogP contribution < -0.4 is 9.47 Å². The first-order valence-electron chi connectivity index (χ1n) is 7.68. The van der Waals surface area contributed by atoms with Crippen LogP contribution in [0, 0.1) is 0 Å². The number of carbonyl (C=O) groups excluding carboxylic acids is 1. The molecule has 4 nitrogen and oxygen atoms in total. The lowest BCUT2D eigenvalue weighted by Gasteiger charge is -2.38. The Morgan fingerprint density at radius 3 is 2.62 bits per heavy atom. The second kappa shape index (κ2) is 7.46. The van der Waals surface area contributed by atoms with Crippen molar-refractivity contribution in [2.45, 2.75) is 45.2 Å². The van der Waals surface area contributed by atoms with Gasteiger partial charge >= 0.3 is 0 Å². The SMILES string of the molecule is COc1cccc(C=O)c1OCCN1C(C)CCCC1C. The van der Waals surface area contributed by atoms with Gasteiger partial charge in [0.1, 0.15) is 6.61 Å². The minimum atomic E-state index is 0.536. The number of ether oxygens (including phenoxy) is 2. The number of nitrogens with zero attached hydrogens (tertiary/aromatic N) is 1. The van der Waals surface area contributed by atoms with Crippen LogP contribution in [0.2, 0.25) is 0 Å². The first-order valence-corrected chi connectivity index (χ1v) is 7.68. The minimum absolute atomic E-state index is 0.536. The zero-order valence-electron chi connectivity index (χ0n) is 13.2. The largest absolute Gasteiger partial charge is 0.493 e. The van der Waals surface area contributed by atoms with Crippen molar-refractivity contribution in [2.24, 2.45) is 0 Å². The van der Waals surface area contributed by atoms with Gasteiger partial charge in [-0.2, -0.15) is 0 Å². The summed E-state index contributed by atoms with van der Waals surface area (Å²) in [5, 5.41) is 0. The van der Waals surface area contributed by atoms with Crippen molar-refractivity contribution >= 4 is 6.29 Å². The van der Waals surface area contributed by atoms with E-state index in [1.807, 2.05) is 6.07 Å². The van der Waals surface area contributed by atoms with Crippen LogP contribution in [0.4, 0.5) is 0 Å². The maximum atomic E-state index is 11.1. The second-order valence-electron chi connectivity index (χ2n) is 5.71. The molecule has 2 unspecified atom stereocenters. The molecule has 0 saturated carbocycles. The lowest BCUT2D eigenvalue weighted by molar-refractivity contribution is 0.0841. The first kappa shape index (κ1) is 15.8. The lowest BCUT2D eigenvalue weighted by atomic mass is 9.98. The van der Waals surface area contributed by atoms with Crippen molar-refractivity contribution in [3.05, 3.63) is 23.8 Å². The highest BCUT2D eigenvalue weighted by molar-refractivity contribution is 5.81. The van der Waals surface area contributed by atoms with Gasteiger partial charge in [0, 0.05) is 18.6 Å². The summed E-state index contributed by atoms with van der Waals surface area (Å²) in [5.41, 5.74) is 0.536. The Morgan fingerprint density at radius 1 is 1.29 bits per heavy atom. The molecule has 1 fully saturated rings. The van der Waals surface area contributed by atoms with Crippen LogP contribution in [0.3, 0.4) is 0 Å². The van der Waals surface area contributed by atoms with Crippen molar-refractivity contribution in [2.75, 3.05) is 20.3 Å². The molecule has 21 heavy (non-hydrogen) atoms. The molecule has 1 aliphatic rings. The molecular formula is C17H25NO3. The number of hydrogen-bond donors (Lipinski definition) is 0. The fraction of sp³-hybridized carbons (Fsp3) is 0.588. The Bertz CT molecular complexity index is 465. The average molecular weight is 291 g/mol. The third-order valence-electron chi connectivity index (χ3n) is 4.33. The molecule has 1 saturated heterocycles. The summed E-state index contributed by atoms with van der Waals surface area (Å²) in [6, 6.07) is 6.55. The molecule has 4 heteroatoms. The zero-order valence-corrected chi connectivity index (χ0v) is 13.2. The van der Waals surface area contributed by atoms with Gasteiger partial charge < -0.3 is 9.47 Å². The highest BCUT2D eigenvalue weighted by Gasteiger charge is 2.24. The van der Waals surface area contributed by atoms with Crippen LogP contribution in [-0.2, 0) is 0 Å². The standard InChI is InChI=1S/C17H25NO3/c1-13-6-4-7-14(2)18(13)10-11-21-17-15(12-19)8-5-9-16(17)20-3/h5,8-9,12-14H,4,6-7,10-11H2,1-3H3. The number of benzene rings is 1. The van der Waals surface area contributed by atoms with E-state index in [0.29, 0.717) is 35.8 Å². The Hall–Kier alpha value is -1.55. The summed E-state index contributed by atoms with van der Waals surface area (Å²) in [6.07, 6.45) is 4.61. The van der Waals surface area contributed by atoms with E-state index < -0.39 is 0 Å². The number of rotatable bonds is 6. The molecule has 2 rings (SSSR count). The smallest absolute Gasteiger partial charge is 0.171 e. The average Bonchev–Trinajstić information content (AvgIpc) is 2.50. The summed E-state index contributed by atoms with van der Waals surface area (Å²) in [5.74, 6) is 1.16. The fourth-order valence-electron chi connectivity index (χ4n) is 3.11. The van der Waals surface area contributed by atoms with E-state index in [1.165, 1.54) is 19.3 Å². The van der Waals surface area contributed by atoms with E-state index in [4.69, 9.17) is 9.47 Å². The third kappa shape index (κ3) is 3.76. The van der Waals surface area contributed by atoms with E-state index >= 15 is 0 Å². The van der Waals surface area contributed by atoms with E-state index in [2.05, 4.69) is 18.7 Å². The molecule has 1 aromatic carbocycles. The van der Waals surface area contributed by atoms with Crippen molar-refractivity contribution in [3.63, 3.8) is 0 Å². The first-order chi connectivity index (χ1) is 10.2. The molecule has 116 valence electrons. The highest BCUT2D eigenvalue weighted by atomic mass is 16.5. The summed E-state index contributed by atoms with van der Waals surface area (Å²) < 4.78 is 11.1. The Balaban J connectivity index is 1.98. The molecular weight excluding hydrogens is 266 g/mol. The van der Waals surface area contributed by atoms with Crippen molar-refractivity contribution in [1.29, 1.82) is 0 Å². The van der Waals surface area contributed by atoms with Crippen LogP contribution in [0.1, 0.15) is 43.5 Å². The Kier molecular flexibility index (Phi) is 5.62. The fourth-order valence-corrected chi connectivity index (χ4v) is 3.11. The van der Waals surface area contributed by atoms with Crippen LogP contribution in [0.25, 0.3) is 0 Å². The van der Waals surface area contributed by atoms with Gasteiger partial charge in [0.25, 0.3) is 0 Å². The van der Waals surface area contributed by atoms with Gasteiger partial charge in [0.2, 0.25) is 0 Å². The molecule has 0 spiro atoms. The summed E-state index contributed by atoms with van der Waals surface area (Å²) in [7, 11) is 1.59. The predicted molar refractivity (Wildman–Crippen MR) is 83.4 cm³/mol. The van der Waals surface area contributed by atoms with Gasteiger partial charge in [-0.1, -0.05) is 12.5 Å². The van der Waals surface area contributed by atoms with Crippen LogP contribution >= 0.6 is 0 Å². The summed E-state index contributed by atoms with van der Waals surface area (Å²) >= 11 is 0. The van der Waals surface area contributed by atoms with E-state index in [-0.39, 0.29) is 0 Å². The number of aldehydes is 1. The van der Waals surface area contributed by atoms with Crippen molar-refractivity contribution in [1.82, 2.24) is 4.90 Å². The molecule has 0 aromatic heterocycles. The van der Waals surface area contributed by atoms with Gasteiger partial charge in [-0.3, -0.25) is 9.69 Å². The number of hydrogen-bond acceptors (Lipinski definition) is 4. The molecule has 1 heterocycles. The topological polar surface area (TPSA) is 38.8 Å². The lowest BCUT2D eigenvalue weighted by Crippen LogP contribution is -2.45. The maximum absolute atomic E-state index is 11.1. The van der Waals surface area contributed by atoms with E-state index in [0.717, 1.165) is 12.8 Å². The number of piperidine rings is 1. The van der Waals surface area contributed by atoms with Gasteiger partial charge in [-0.05, 0) is 38.8 Å². The normalized spacial score (nSPS) is 22.8. The van der Waals surface area contributed by atoms with Crippen molar-refractivity contribution < 1.29 is 14.3 Å². The van der Waals surface area contributed by atoms with Crippen LogP contribution in [-0.4, -0.2) is 43.5 Å². The van der Waals surface area contributed by atoms with Gasteiger partial charge in [0.15, 0.2) is 17.8 Å². The Labute approximate surface area is 127 Å². The minimum Gasteiger partial charge on any atom is -0.493 e. The second-order valence-corrected chi connectivity index (χ2v) is 5.71. The molecule has 1 aliphatic heterocycles. The van der Waals surface area contributed by atoms with Gasteiger partial charge in [-0.15, -0.1) is 0 Å². The van der Waals surface area contributed by atoms with Gasteiger partial charge in [-0.25, -0.2) is 0 Å². The number of likely N-dealkylation sites (tertiary alicyclic amines) is 1. The summed E-state index contributed by atoms with van der Waals surface area (Å²) in [6.45, 7) is 5.99. The molecule has 0 amide bonds. The van der Waals surface area contributed by atoms with Crippen molar-refractivity contribution in [3.8, 4) is 11.5 Å². The molecule has 0 aliphatic carbocycles. The van der Waals surface area contributed by atoms with Gasteiger partial charge in [0.05, 0.1) is 12.7 Å². The molecule has 0 radical (unpaired) electrons. The summed E-state index contributed by atoms with van der Waals surface area (Å²) in [4.78, 5) is 13.6. The van der Waals surface area contributed by atoms with E-state index in [1.54, 1.807) is 19.2 Å². The molecule has 1 aromatic rings. The molecule has 2 atom stereocenters. The molecule has 0 N–H and O–H groups in total. The number of methoxy groups -OCH3 is 1. The Morgan fingerprint density at radius 2 is 2.00 bits per heavy atom. The van der Waals surface area contributed by atoms with Crippen LogP contribution in [0.5, 0.6) is 11.5 Å².